The van der Waals surface area contributed by atoms with Gasteiger partial charge in [0.1, 0.15) is 5.75 Å². The molecule has 136 valence electrons. The minimum absolute atomic E-state index is 0.0192. The molecule has 0 radical (unpaired) electrons. The number of rotatable bonds is 4. The summed E-state index contributed by atoms with van der Waals surface area (Å²) in [6.07, 6.45) is -4.98. The maximum absolute atomic E-state index is 13.0. The maximum atomic E-state index is 13.0. The van der Waals surface area contributed by atoms with Crippen molar-refractivity contribution in [2.75, 3.05) is 6.61 Å². The molecular formula is C18H15F3N2O3. The number of alkyl halides is 3. The van der Waals surface area contributed by atoms with Gasteiger partial charge in [-0.2, -0.15) is 23.3 Å². The highest BCUT2D eigenvalue weighted by molar-refractivity contribution is 5.81. The highest BCUT2D eigenvalue weighted by Gasteiger charge is 2.61. The molecule has 0 saturated carbocycles. The molecule has 1 heterocycles. The number of halogens is 3. The molecule has 5 nitrogen and oxygen atoms in total. The molecule has 2 aromatic rings. The highest BCUT2D eigenvalue weighted by Crippen LogP contribution is 2.38. The Morgan fingerprint density at radius 2 is 1.73 bits per heavy atom. The van der Waals surface area contributed by atoms with Crippen LogP contribution < -0.4 is 4.74 Å². The molecule has 1 N–H and O–H groups in total. The molecule has 2 aromatic carbocycles. The third-order valence-corrected chi connectivity index (χ3v) is 3.94. The van der Waals surface area contributed by atoms with E-state index in [2.05, 4.69) is 5.10 Å². The number of benzene rings is 2. The fourth-order valence-electron chi connectivity index (χ4n) is 2.52. The van der Waals surface area contributed by atoms with Gasteiger partial charge in [0.05, 0.1) is 0 Å². The lowest BCUT2D eigenvalue weighted by molar-refractivity contribution is -0.302. The van der Waals surface area contributed by atoms with E-state index in [1.54, 1.807) is 24.3 Å². The smallest absolute Gasteiger partial charge is 0.438 e. The van der Waals surface area contributed by atoms with Gasteiger partial charge in [-0.3, -0.25) is 4.79 Å². The zero-order valence-electron chi connectivity index (χ0n) is 13.5. The molecule has 0 aliphatic carbocycles. The van der Waals surface area contributed by atoms with Crippen LogP contribution in [-0.2, 0) is 4.79 Å². The lowest BCUT2D eigenvalue weighted by Crippen LogP contribution is -2.57. The predicted octanol–water partition coefficient (Wildman–Crippen LogP) is 3.20. The number of carbonyl (C=O) groups is 1. The molecule has 0 saturated heterocycles. The zero-order chi connectivity index (χ0) is 18.8. The van der Waals surface area contributed by atoms with Crippen molar-refractivity contribution in [2.45, 2.75) is 18.3 Å². The summed E-state index contributed by atoms with van der Waals surface area (Å²) in [5, 5.41) is 13.1. The molecule has 0 fully saturated rings. The first-order chi connectivity index (χ1) is 12.3. The number of hydrogen-bond donors (Lipinski definition) is 1. The van der Waals surface area contributed by atoms with Crippen LogP contribution in [-0.4, -0.2) is 40.7 Å². The van der Waals surface area contributed by atoms with Crippen molar-refractivity contribution < 1.29 is 27.8 Å². The number of ether oxygens (including phenoxy) is 1. The van der Waals surface area contributed by atoms with Gasteiger partial charge in [-0.1, -0.05) is 42.5 Å². The molecule has 0 bridgehead atoms. The number of nitrogens with zero attached hydrogens (tertiary/aromatic N) is 2. The molecule has 0 spiro atoms. The van der Waals surface area contributed by atoms with Gasteiger partial charge in [-0.05, 0) is 23.3 Å². The number of carbonyl (C=O) groups excluding carboxylic acids is 1. The van der Waals surface area contributed by atoms with Gasteiger partial charge in [-0.15, -0.1) is 0 Å². The Kier molecular flexibility index (Phi) is 4.69. The van der Waals surface area contributed by atoms with E-state index < -0.39 is 30.8 Å². The predicted molar refractivity (Wildman–Crippen MR) is 88.3 cm³/mol. The topological polar surface area (TPSA) is 62.1 Å². The van der Waals surface area contributed by atoms with Crippen molar-refractivity contribution in [2.24, 2.45) is 5.10 Å². The van der Waals surface area contributed by atoms with Gasteiger partial charge in [-0.25, -0.2) is 0 Å². The number of amides is 1. The largest absolute Gasteiger partial charge is 0.484 e. The summed E-state index contributed by atoms with van der Waals surface area (Å²) >= 11 is 0. The standard InChI is InChI=1S/C18H15F3N2O3/c19-18(20,21)17(25)10-11-22-23(17)16(24)12-26-15-8-6-14(7-9-15)13-4-2-1-3-5-13/h1-9,11,25H,10,12H2/t17-/m1/s1. The van der Waals surface area contributed by atoms with Gasteiger partial charge in [0.15, 0.2) is 6.61 Å². The van der Waals surface area contributed by atoms with Crippen molar-refractivity contribution in [1.29, 1.82) is 0 Å². The summed E-state index contributed by atoms with van der Waals surface area (Å²) in [4.78, 5) is 12.0. The molecule has 0 unspecified atom stereocenters. The Bertz CT molecular complexity index is 807. The van der Waals surface area contributed by atoms with Crippen molar-refractivity contribution in [3.63, 3.8) is 0 Å². The Morgan fingerprint density at radius 3 is 2.35 bits per heavy atom. The van der Waals surface area contributed by atoms with Crippen LogP contribution in [0.2, 0.25) is 0 Å². The minimum atomic E-state index is -5.02. The van der Waals surface area contributed by atoms with Gasteiger partial charge in [0.2, 0.25) is 0 Å². The lowest BCUT2D eigenvalue weighted by atomic mass is 10.1. The molecule has 1 aliphatic rings. The van der Waals surface area contributed by atoms with Crippen LogP contribution in [0.1, 0.15) is 6.42 Å². The average molecular weight is 364 g/mol. The number of hydrogen-bond acceptors (Lipinski definition) is 4. The second-order valence-electron chi connectivity index (χ2n) is 5.70. The van der Waals surface area contributed by atoms with Crippen molar-refractivity contribution in [3.05, 3.63) is 54.6 Å². The van der Waals surface area contributed by atoms with E-state index in [4.69, 9.17) is 4.74 Å². The van der Waals surface area contributed by atoms with E-state index >= 15 is 0 Å². The Balaban J connectivity index is 1.64. The van der Waals surface area contributed by atoms with E-state index in [1.807, 2.05) is 30.3 Å². The molecule has 1 amide bonds. The summed E-state index contributed by atoms with van der Waals surface area (Å²) in [5.74, 6) is -0.775. The van der Waals surface area contributed by atoms with Gasteiger partial charge < -0.3 is 9.84 Å². The first kappa shape index (κ1) is 17.9. The third kappa shape index (κ3) is 3.41. The fourth-order valence-corrected chi connectivity index (χ4v) is 2.52. The minimum Gasteiger partial charge on any atom is -0.484 e. The van der Waals surface area contributed by atoms with Crippen LogP contribution in [0, 0.1) is 0 Å². The third-order valence-electron chi connectivity index (χ3n) is 3.94. The van der Waals surface area contributed by atoms with Crippen molar-refractivity contribution >= 4 is 12.1 Å². The molecule has 8 heteroatoms. The van der Waals surface area contributed by atoms with Gasteiger partial charge in [0.25, 0.3) is 11.6 Å². The van der Waals surface area contributed by atoms with E-state index in [9.17, 15) is 23.1 Å². The molecule has 1 atom stereocenters. The lowest BCUT2D eigenvalue weighted by Gasteiger charge is -2.32. The summed E-state index contributed by atoms with van der Waals surface area (Å²) < 4.78 is 44.1. The van der Waals surface area contributed by atoms with Crippen molar-refractivity contribution in [1.82, 2.24) is 5.01 Å². The van der Waals surface area contributed by atoms with Crippen LogP contribution in [0.3, 0.4) is 0 Å². The number of aliphatic hydroxyl groups is 1. The van der Waals surface area contributed by atoms with Crippen LogP contribution in [0.25, 0.3) is 11.1 Å². The first-order valence-electron chi connectivity index (χ1n) is 7.74. The SMILES string of the molecule is O=C(COc1ccc(-c2ccccc2)cc1)N1N=CC[C@@]1(O)C(F)(F)F. The second kappa shape index (κ2) is 6.80. The van der Waals surface area contributed by atoms with Crippen LogP contribution in [0.15, 0.2) is 59.7 Å². The number of hydrazone groups is 1. The summed E-state index contributed by atoms with van der Waals surface area (Å²) in [7, 11) is 0. The monoisotopic (exact) mass is 364 g/mol. The normalized spacial score (nSPS) is 19.6. The zero-order valence-corrected chi connectivity index (χ0v) is 13.5. The van der Waals surface area contributed by atoms with Crippen LogP contribution in [0.4, 0.5) is 13.2 Å². The molecule has 26 heavy (non-hydrogen) atoms. The molecular weight excluding hydrogens is 349 g/mol. The van der Waals surface area contributed by atoms with E-state index in [1.165, 1.54) is 0 Å². The quantitative estimate of drug-likeness (QED) is 0.906. The Labute approximate surface area is 147 Å². The van der Waals surface area contributed by atoms with E-state index in [0.29, 0.717) is 5.75 Å². The molecule has 0 aromatic heterocycles. The Hall–Kier alpha value is -2.87. The highest BCUT2D eigenvalue weighted by atomic mass is 19.4. The van der Waals surface area contributed by atoms with E-state index in [0.717, 1.165) is 17.3 Å². The Morgan fingerprint density at radius 1 is 1.12 bits per heavy atom. The van der Waals surface area contributed by atoms with Gasteiger partial charge in [0, 0.05) is 12.6 Å². The maximum Gasteiger partial charge on any atom is 0.438 e. The summed E-state index contributed by atoms with van der Waals surface area (Å²) in [5.41, 5.74) is -1.40. The fraction of sp³-hybridized carbons (Fsp3) is 0.222. The summed E-state index contributed by atoms with van der Waals surface area (Å²) in [6, 6.07) is 16.3. The van der Waals surface area contributed by atoms with Crippen molar-refractivity contribution in [3.8, 4) is 16.9 Å². The van der Waals surface area contributed by atoms with Crippen LogP contribution in [0.5, 0.6) is 5.75 Å². The average Bonchev–Trinajstić information content (AvgIpc) is 3.04. The second-order valence-corrected chi connectivity index (χ2v) is 5.70. The van der Waals surface area contributed by atoms with Crippen LogP contribution >= 0.6 is 0 Å². The first-order valence-corrected chi connectivity index (χ1v) is 7.74. The molecule has 3 rings (SSSR count). The van der Waals surface area contributed by atoms with Gasteiger partial charge >= 0.3 is 6.18 Å². The van der Waals surface area contributed by atoms with E-state index in [-0.39, 0.29) is 5.01 Å². The molecule has 1 aliphatic heterocycles. The summed E-state index contributed by atoms with van der Waals surface area (Å²) in [6.45, 7) is -0.680.